The average molecular weight is 460 g/mol. The molecule has 0 spiro atoms. The molecule has 6 atom stereocenters. The number of carboxylic acid groups (broad SMARTS) is 1. The van der Waals surface area contributed by atoms with E-state index in [9.17, 15) is 24.3 Å². The van der Waals surface area contributed by atoms with Crippen molar-refractivity contribution in [3.8, 4) is 0 Å². The highest BCUT2D eigenvalue weighted by Gasteiger charge is 2.31. The van der Waals surface area contributed by atoms with E-state index in [2.05, 4.69) is 20.9 Å². The van der Waals surface area contributed by atoms with Crippen molar-refractivity contribution >= 4 is 29.7 Å². The molecule has 0 aromatic rings. The molecule has 0 aromatic heterocycles. The molecule has 32 heavy (non-hydrogen) atoms. The number of aliphatic carboxylic acids is 1. The number of nitrogens with two attached hydrogens (primary N) is 3. The van der Waals surface area contributed by atoms with Crippen LogP contribution in [0.3, 0.4) is 0 Å². The van der Waals surface area contributed by atoms with Gasteiger partial charge in [0.1, 0.15) is 12.1 Å². The maximum Gasteiger partial charge on any atom is 0.328 e. The van der Waals surface area contributed by atoms with Crippen LogP contribution in [-0.2, 0) is 19.2 Å². The number of aliphatic hydroxyl groups is 1. The molecule has 0 radical (unpaired) electrons. The summed E-state index contributed by atoms with van der Waals surface area (Å²) in [6.45, 7) is 6.49. The van der Waals surface area contributed by atoms with Crippen LogP contribution in [0.4, 0.5) is 0 Å². The number of carbonyl (C=O) groups excluding carboxylic acids is 3. The molecule has 0 fully saturated rings. The second-order valence-electron chi connectivity index (χ2n) is 7.72. The molecule has 0 saturated heterocycles. The van der Waals surface area contributed by atoms with Crippen LogP contribution in [0.15, 0.2) is 4.99 Å². The van der Waals surface area contributed by atoms with E-state index in [4.69, 9.17) is 22.3 Å². The third kappa shape index (κ3) is 10.4. The zero-order valence-electron chi connectivity index (χ0n) is 19.0. The lowest BCUT2D eigenvalue weighted by Gasteiger charge is -2.27. The van der Waals surface area contributed by atoms with Crippen LogP contribution in [0.5, 0.6) is 0 Å². The lowest BCUT2D eigenvalue weighted by atomic mass is 9.97. The molecular formula is C19H37N7O6. The van der Waals surface area contributed by atoms with Crippen molar-refractivity contribution in [2.45, 2.75) is 77.2 Å². The number of nitrogens with one attached hydrogen (secondary N) is 3. The van der Waals surface area contributed by atoms with Crippen molar-refractivity contribution in [2.75, 3.05) is 6.54 Å². The van der Waals surface area contributed by atoms with Crippen molar-refractivity contribution < 1.29 is 29.4 Å². The van der Waals surface area contributed by atoms with Gasteiger partial charge < -0.3 is 43.4 Å². The maximum atomic E-state index is 12.7. The molecule has 13 heteroatoms. The largest absolute Gasteiger partial charge is 0.480 e. The number of aliphatic imine (C=N–C) groups is 1. The highest BCUT2D eigenvalue weighted by atomic mass is 16.4. The quantitative estimate of drug-likeness (QED) is 0.0768. The molecule has 6 unspecified atom stereocenters. The fourth-order valence-electron chi connectivity index (χ4n) is 2.65. The second-order valence-corrected chi connectivity index (χ2v) is 7.72. The van der Waals surface area contributed by atoms with E-state index < -0.39 is 54.0 Å². The zero-order valence-corrected chi connectivity index (χ0v) is 19.0. The Labute approximate surface area is 187 Å². The number of carbonyl (C=O) groups is 4. The first kappa shape index (κ1) is 29.1. The summed E-state index contributed by atoms with van der Waals surface area (Å²) in [5, 5.41) is 25.8. The predicted octanol–water partition coefficient (Wildman–Crippen LogP) is -2.65. The molecule has 0 aliphatic heterocycles. The van der Waals surface area contributed by atoms with Gasteiger partial charge in [0.25, 0.3) is 0 Å². The predicted molar refractivity (Wildman–Crippen MR) is 118 cm³/mol. The molecule has 0 bridgehead atoms. The summed E-state index contributed by atoms with van der Waals surface area (Å²) in [5.41, 5.74) is 16.4. The fourth-order valence-corrected chi connectivity index (χ4v) is 2.65. The summed E-state index contributed by atoms with van der Waals surface area (Å²) in [6.07, 6.45) is -0.00807. The van der Waals surface area contributed by atoms with E-state index in [1.54, 1.807) is 6.92 Å². The molecule has 0 aliphatic rings. The van der Waals surface area contributed by atoms with Crippen LogP contribution in [-0.4, -0.2) is 76.7 Å². The highest BCUT2D eigenvalue weighted by molar-refractivity contribution is 5.94. The van der Waals surface area contributed by atoms with Crippen molar-refractivity contribution in [1.29, 1.82) is 0 Å². The van der Waals surface area contributed by atoms with Gasteiger partial charge >= 0.3 is 5.97 Å². The van der Waals surface area contributed by atoms with Gasteiger partial charge in [0.15, 0.2) is 12.0 Å². The third-order valence-corrected chi connectivity index (χ3v) is 4.90. The smallest absolute Gasteiger partial charge is 0.328 e. The number of rotatable bonds is 14. The van der Waals surface area contributed by atoms with Gasteiger partial charge in [-0.15, -0.1) is 0 Å². The van der Waals surface area contributed by atoms with Gasteiger partial charge in [-0.3, -0.25) is 19.4 Å². The monoisotopic (exact) mass is 459 g/mol. The first-order valence-corrected chi connectivity index (χ1v) is 10.4. The molecule has 0 aliphatic carbocycles. The van der Waals surface area contributed by atoms with Crippen LogP contribution in [0.25, 0.3) is 0 Å². The summed E-state index contributed by atoms with van der Waals surface area (Å²) in [4.78, 5) is 52.4. The van der Waals surface area contributed by atoms with Crippen LogP contribution < -0.4 is 33.2 Å². The van der Waals surface area contributed by atoms with Crippen molar-refractivity contribution in [2.24, 2.45) is 28.1 Å². The Morgan fingerprint density at radius 1 is 0.938 bits per heavy atom. The lowest BCUT2D eigenvalue weighted by Crippen LogP contribution is -2.58. The number of nitrogens with zero attached hydrogens (tertiary/aromatic N) is 1. The Bertz CT molecular complexity index is 681. The summed E-state index contributed by atoms with van der Waals surface area (Å²) in [5.74, 6) is -3.69. The Kier molecular flexibility index (Phi) is 12.9. The van der Waals surface area contributed by atoms with E-state index in [0.717, 1.165) is 0 Å². The summed E-state index contributed by atoms with van der Waals surface area (Å²) in [6, 6.07) is -4.48. The molecule has 0 saturated carbocycles. The van der Waals surface area contributed by atoms with Gasteiger partial charge in [0.05, 0.1) is 12.1 Å². The van der Waals surface area contributed by atoms with E-state index in [1.165, 1.54) is 13.8 Å². The first-order chi connectivity index (χ1) is 14.8. The Balaban J connectivity index is 5.03. The second kappa shape index (κ2) is 14.2. The van der Waals surface area contributed by atoms with E-state index >= 15 is 0 Å². The normalized spacial score (nSPS) is 16.4. The molecular weight excluding hydrogens is 422 g/mol. The van der Waals surface area contributed by atoms with Gasteiger partial charge in [0.2, 0.25) is 17.7 Å². The summed E-state index contributed by atoms with van der Waals surface area (Å²) in [7, 11) is 0. The van der Waals surface area contributed by atoms with Gasteiger partial charge in [-0.2, -0.15) is 0 Å². The minimum Gasteiger partial charge on any atom is -0.480 e. The molecule has 11 N–H and O–H groups in total. The van der Waals surface area contributed by atoms with Crippen LogP contribution in [0.2, 0.25) is 0 Å². The van der Waals surface area contributed by atoms with Crippen LogP contribution >= 0.6 is 0 Å². The van der Waals surface area contributed by atoms with Gasteiger partial charge in [-0.25, -0.2) is 4.79 Å². The molecule has 184 valence electrons. The molecule has 0 rings (SSSR count). The zero-order chi connectivity index (χ0) is 25.0. The molecule has 3 amide bonds. The topological polar surface area (TPSA) is 235 Å². The Morgan fingerprint density at radius 2 is 1.50 bits per heavy atom. The summed E-state index contributed by atoms with van der Waals surface area (Å²) < 4.78 is 0. The van der Waals surface area contributed by atoms with E-state index in [1.807, 2.05) is 6.92 Å². The third-order valence-electron chi connectivity index (χ3n) is 4.90. The van der Waals surface area contributed by atoms with Gasteiger partial charge in [-0.05, 0) is 32.6 Å². The Morgan fingerprint density at radius 3 is 1.97 bits per heavy atom. The number of hydrogen-bond acceptors (Lipinski definition) is 7. The van der Waals surface area contributed by atoms with Crippen molar-refractivity contribution in [1.82, 2.24) is 16.0 Å². The first-order valence-electron chi connectivity index (χ1n) is 10.4. The average Bonchev–Trinajstić information content (AvgIpc) is 2.71. The number of hydrogen-bond donors (Lipinski definition) is 8. The molecule has 0 aromatic carbocycles. The summed E-state index contributed by atoms with van der Waals surface area (Å²) >= 11 is 0. The Hall–Kier alpha value is -2.93. The van der Waals surface area contributed by atoms with Crippen molar-refractivity contribution in [3.63, 3.8) is 0 Å². The highest BCUT2D eigenvalue weighted by Crippen LogP contribution is 2.09. The molecule has 13 nitrogen and oxygen atoms in total. The number of amides is 3. The van der Waals surface area contributed by atoms with Gasteiger partial charge in [-0.1, -0.05) is 20.3 Å². The minimum atomic E-state index is -1.52. The number of carboxylic acids is 1. The SMILES string of the molecule is CCC(C)C(NC(=O)C(N)CCCN=C(N)N)C(=O)NC(C)C(=O)NC(C(=O)O)C(C)O. The van der Waals surface area contributed by atoms with Crippen molar-refractivity contribution in [3.05, 3.63) is 0 Å². The fraction of sp³-hybridized carbons (Fsp3) is 0.737. The van der Waals surface area contributed by atoms with Crippen LogP contribution in [0.1, 0.15) is 47.0 Å². The van der Waals surface area contributed by atoms with Gasteiger partial charge in [0, 0.05) is 6.54 Å². The van der Waals surface area contributed by atoms with E-state index in [0.29, 0.717) is 25.8 Å². The van der Waals surface area contributed by atoms with E-state index in [-0.39, 0.29) is 11.9 Å². The van der Waals surface area contributed by atoms with Crippen LogP contribution in [0, 0.1) is 5.92 Å². The standard InChI is InChI=1S/C19H37N7O6/c1-5-9(2)13(25-16(29)12(20)7-6-8-23-19(21)22)17(30)24-10(3)15(28)26-14(11(4)27)18(31)32/h9-14,27H,5-8,20H2,1-4H3,(H,24,30)(H,25,29)(H,26,28)(H,31,32)(H4,21,22,23). The molecule has 0 heterocycles. The lowest BCUT2D eigenvalue weighted by molar-refractivity contribution is -0.145. The minimum absolute atomic E-state index is 0.0576. The number of guanidine groups is 1. The maximum absolute atomic E-state index is 12.7. The number of aliphatic hydroxyl groups excluding tert-OH is 1.